The summed E-state index contributed by atoms with van der Waals surface area (Å²) in [4.78, 5) is 32.7. The number of hydrogen-bond acceptors (Lipinski definition) is 4. The van der Waals surface area contributed by atoms with Gasteiger partial charge < -0.3 is 0 Å². The molecule has 0 N–H and O–H groups in total. The van der Waals surface area contributed by atoms with Crippen molar-refractivity contribution >= 4 is 34.4 Å². The average molecular weight is 438 g/mol. The monoisotopic (exact) mass is 437 g/mol. The molecule has 164 valence electrons. The maximum Gasteiger partial charge on any atom is 0.253 e. The summed E-state index contributed by atoms with van der Waals surface area (Å²) in [6.07, 6.45) is 1.98. The summed E-state index contributed by atoms with van der Waals surface area (Å²) < 4.78 is 0. The number of thioether (sulfide) groups is 1. The normalized spacial score (nSPS) is 39.0. The molecule has 1 saturated carbocycles. The Morgan fingerprint density at radius 1 is 0.968 bits per heavy atom. The first-order chi connectivity index (χ1) is 14.7. The van der Waals surface area contributed by atoms with Crippen molar-refractivity contribution in [2.75, 3.05) is 12.3 Å². The van der Waals surface area contributed by atoms with Crippen LogP contribution in [0.15, 0.2) is 46.5 Å². The highest BCUT2D eigenvalue weighted by Crippen LogP contribution is 2.74. The number of nitrogens with zero attached hydrogens (tertiary/aromatic N) is 3. The molecule has 2 amide bonds. The first kappa shape index (κ1) is 20.8. The number of carbonyl (C=O) groups excluding carboxylic acids is 2. The Bertz CT molecular complexity index is 975. The van der Waals surface area contributed by atoms with Gasteiger partial charge in [-0.15, -0.1) is 0 Å². The zero-order valence-electron chi connectivity index (χ0n) is 19.0. The fraction of sp³-hybridized carbons (Fsp3) is 0.560. The zero-order valence-corrected chi connectivity index (χ0v) is 19.8. The number of aliphatic imine (C=N–C) groups is 1. The second-order valence-corrected chi connectivity index (χ2v) is 11.0. The molecule has 5 atom stereocenters. The van der Waals surface area contributed by atoms with E-state index in [1.807, 2.05) is 35.3 Å². The first-order valence-electron chi connectivity index (χ1n) is 11.3. The summed E-state index contributed by atoms with van der Waals surface area (Å²) in [5.41, 5.74) is 2.92. The Morgan fingerprint density at radius 3 is 2.13 bits per heavy atom. The Balaban J connectivity index is 1.57. The van der Waals surface area contributed by atoms with E-state index < -0.39 is 0 Å². The summed E-state index contributed by atoms with van der Waals surface area (Å²) >= 11 is 1.64. The fourth-order valence-corrected chi connectivity index (χ4v) is 7.79. The minimum atomic E-state index is -0.282. The number of para-hydroxylation sites is 1. The fourth-order valence-electron chi connectivity index (χ4n) is 6.77. The average Bonchev–Trinajstić information content (AvgIpc) is 3.05. The Hall–Kier alpha value is -2.08. The van der Waals surface area contributed by atoms with Crippen LogP contribution in [0.2, 0.25) is 0 Å². The lowest BCUT2D eigenvalue weighted by molar-refractivity contribution is -0.155. The van der Waals surface area contributed by atoms with Crippen LogP contribution in [0.3, 0.4) is 0 Å². The molecule has 2 heterocycles. The number of rotatable bonds is 2. The lowest BCUT2D eigenvalue weighted by Crippen LogP contribution is -2.51. The number of carbonyl (C=O) groups is 2. The highest BCUT2D eigenvalue weighted by Gasteiger charge is 2.76. The molecular weight excluding hydrogens is 406 g/mol. The van der Waals surface area contributed by atoms with Crippen molar-refractivity contribution in [2.24, 2.45) is 33.6 Å². The van der Waals surface area contributed by atoms with Crippen molar-refractivity contribution in [1.82, 2.24) is 10.0 Å². The molecule has 0 spiro atoms. The van der Waals surface area contributed by atoms with Crippen molar-refractivity contribution in [2.45, 2.75) is 47.5 Å². The van der Waals surface area contributed by atoms with E-state index in [4.69, 9.17) is 4.99 Å². The number of amidine groups is 1. The topological polar surface area (TPSA) is 53.0 Å². The number of fused-ring (bicyclic) bond motifs is 5. The van der Waals surface area contributed by atoms with Gasteiger partial charge in [0.15, 0.2) is 5.17 Å². The molecule has 2 saturated heterocycles. The molecule has 1 aromatic rings. The molecular formula is C25H31N3O2S. The first-order valence-corrected chi connectivity index (χ1v) is 12.3. The van der Waals surface area contributed by atoms with Crippen molar-refractivity contribution in [3.63, 3.8) is 0 Å². The molecule has 5 rings (SSSR count). The van der Waals surface area contributed by atoms with Crippen LogP contribution in [0.1, 0.15) is 47.5 Å². The minimum Gasteiger partial charge on any atom is -0.272 e. The highest BCUT2D eigenvalue weighted by molar-refractivity contribution is 8.13. The van der Waals surface area contributed by atoms with Crippen LogP contribution in [-0.4, -0.2) is 39.3 Å². The van der Waals surface area contributed by atoms with Gasteiger partial charge in [-0.25, -0.2) is 4.99 Å². The predicted molar refractivity (Wildman–Crippen MR) is 125 cm³/mol. The van der Waals surface area contributed by atoms with Crippen LogP contribution in [0.5, 0.6) is 0 Å². The van der Waals surface area contributed by atoms with Crippen molar-refractivity contribution in [3.8, 4) is 0 Å². The van der Waals surface area contributed by atoms with Gasteiger partial charge in [0.2, 0.25) is 0 Å². The van der Waals surface area contributed by atoms with Crippen LogP contribution >= 0.6 is 11.8 Å². The third-order valence-corrected chi connectivity index (χ3v) is 10.0. The van der Waals surface area contributed by atoms with Gasteiger partial charge in [0.05, 0.1) is 17.5 Å². The molecule has 31 heavy (non-hydrogen) atoms. The number of allylic oxidation sites excluding steroid dienone is 2. The zero-order chi connectivity index (χ0) is 22.1. The van der Waals surface area contributed by atoms with Gasteiger partial charge in [-0.1, -0.05) is 61.9 Å². The van der Waals surface area contributed by atoms with Gasteiger partial charge in [-0.05, 0) is 44.7 Å². The van der Waals surface area contributed by atoms with Gasteiger partial charge in [-0.3, -0.25) is 14.6 Å². The van der Waals surface area contributed by atoms with E-state index in [2.05, 4.69) is 34.6 Å². The maximum atomic E-state index is 13.9. The van der Waals surface area contributed by atoms with Crippen molar-refractivity contribution < 1.29 is 9.59 Å². The Morgan fingerprint density at radius 2 is 1.55 bits per heavy atom. The minimum absolute atomic E-state index is 0.0387. The lowest BCUT2D eigenvalue weighted by Gasteiger charge is -2.36. The predicted octanol–water partition coefficient (Wildman–Crippen LogP) is 5.03. The quantitative estimate of drug-likeness (QED) is 0.481. The molecule has 3 fully saturated rings. The van der Waals surface area contributed by atoms with Crippen LogP contribution < -0.4 is 0 Å². The number of hydrazine groups is 1. The van der Waals surface area contributed by atoms with Gasteiger partial charge in [0.25, 0.3) is 11.8 Å². The number of benzene rings is 1. The largest absolute Gasteiger partial charge is 0.272 e. The van der Waals surface area contributed by atoms with Crippen LogP contribution in [-0.2, 0) is 9.59 Å². The molecule has 2 aliphatic carbocycles. The van der Waals surface area contributed by atoms with Crippen LogP contribution in [0.25, 0.3) is 0 Å². The standard InChI is InChI=1S/C25H31N3O2S/c1-15-16(2)25(5)17(3)24(15,4)19-20(25)22(30)28(21(19)29)27-13-9-10-14-31-23(27)26-18-11-7-6-8-12-18/h6-8,11-12,17,19-20H,9-10,13-14H2,1-5H3/t17?,19-,20+,24-,25+. The van der Waals surface area contributed by atoms with E-state index in [1.165, 1.54) is 16.2 Å². The van der Waals surface area contributed by atoms with Crippen LogP contribution in [0.4, 0.5) is 5.69 Å². The van der Waals surface area contributed by atoms with E-state index in [1.54, 1.807) is 11.8 Å². The molecule has 2 bridgehead atoms. The van der Waals surface area contributed by atoms with Gasteiger partial charge in [-0.2, -0.15) is 5.01 Å². The van der Waals surface area contributed by atoms with Crippen molar-refractivity contribution in [1.29, 1.82) is 0 Å². The van der Waals surface area contributed by atoms with Gasteiger partial charge >= 0.3 is 0 Å². The molecule has 5 nitrogen and oxygen atoms in total. The maximum absolute atomic E-state index is 13.9. The van der Waals surface area contributed by atoms with E-state index >= 15 is 0 Å². The van der Waals surface area contributed by atoms with E-state index in [9.17, 15) is 9.59 Å². The van der Waals surface area contributed by atoms with E-state index in [0.717, 1.165) is 29.4 Å². The highest BCUT2D eigenvalue weighted by atomic mass is 32.2. The molecule has 4 aliphatic rings. The SMILES string of the molecule is CC1=C(C)[C@]2(C)C(C)[C@@]1(C)[C@@H]1C(=O)N(N3CCCCSC3=Nc3ccccc3)C(=O)[C@@H]12. The number of hydrogen-bond donors (Lipinski definition) is 0. The number of amides is 2. The van der Waals surface area contributed by atoms with Gasteiger partial charge in [0.1, 0.15) is 0 Å². The second kappa shape index (κ2) is 6.96. The summed E-state index contributed by atoms with van der Waals surface area (Å²) in [5.74, 6) is 0.578. The van der Waals surface area contributed by atoms with Crippen LogP contribution in [0, 0.1) is 28.6 Å². The third-order valence-electron chi connectivity index (χ3n) is 8.99. The molecule has 1 unspecified atom stereocenters. The third kappa shape index (κ3) is 2.54. The number of imide groups is 1. The summed E-state index contributed by atoms with van der Waals surface area (Å²) in [7, 11) is 0. The van der Waals surface area contributed by atoms with E-state index in [-0.39, 0.29) is 40.4 Å². The lowest BCUT2D eigenvalue weighted by atomic mass is 9.66. The molecule has 1 aromatic carbocycles. The Labute approximate surface area is 188 Å². The molecule has 2 aliphatic heterocycles. The summed E-state index contributed by atoms with van der Waals surface area (Å²) in [6, 6.07) is 9.80. The Kier molecular flexibility index (Phi) is 4.67. The smallest absolute Gasteiger partial charge is 0.253 e. The molecule has 6 heteroatoms. The molecule has 0 radical (unpaired) electrons. The van der Waals surface area contributed by atoms with E-state index in [0.29, 0.717) is 6.54 Å². The molecule has 0 aromatic heterocycles. The van der Waals surface area contributed by atoms with Gasteiger partial charge in [0, 0.05) is 23.1 Å². The second-order valence-electron chi connectivity index (χ2n) is 9.89. The summed E-state index contributed by atoms with van der Waals surface area (Å²) in [6.45, 7) is 11.6. The van der Waals surface area contributed by atoms with Crippen molar-refractivity contribution in [3.05, 3.63) is 41.5 Å². The summed E-state index contributed by atoms with van der Waals surface area (Å²) in [5, 5.41) is 4.11.